The summed E-state index contributed by atoms with van der Waals surface area (Å²) in [7, 11) is 0. The Kier molecular flexibility index (Phi) is 6.71. The summed E-state index contributed by atoms with van der Waals surface area (Å²) in [5.74, 6) is 3.59. The summed E-state index contributed by atoms with van der Waals surface area (Å²) in [6.45, 7) is 2.47. The maximum Gasteiger partial charge on any atom is 0.191 e. The van der Waals surface area contributed by atoms with Gasteiger partial charge in [-0.3, -0.25) is 4.57 Å². The summed E-state index contributed by atoms with van der Waals surface area (Å²) in [5, 5.41) is 19.3. The molecule has 3 aromatic rings. The topological polar surface area (TPSA) is 65.7 Å². The lowest BCUT2D eigenvalue weighted by Crippen LogP contribution is -2.24. The van der Waals surface area contributed by atoms with E-state index < -0.39 is 0 Å². The molecular formula is C22H26FN5OS3. The van der Waals surface area contributed by atoms with Gasteiger partial charge in [0.1, 0.15) is 11.6 Å². The second-order valence-electron chi connectivity index (χ2n) is 8.52. The molecule has 2 heterocycles. The molecule has 10 heteroatoms. The molecule has 32 heavy (non-hydrogen) atoms. The third kappa shape index (κ3) is 4.54. The smallest absolute Gasteiger partial charge is 0.191 e. The molecule has 0 saturated heterocycles. The van der Waals surface area contributed by atoms with Gasteiger partial charge < -0.3 is 4.74 Å². The highest BCUT2D eigenvalue weighted by atomic mass is 32.2. The lowest BCUT2D eigenvalue weighted by molar-refractivity contribution is 0.215. The fraction of sp³-hybridized carbons (Fsp3) is 0.545. The van der Waals surface area contributed by atoms with Crippen LogP contribution in [0.5, 0.6) is 5.75 Å². The molecule has 2 fully saturated rings. The summed E-state index contributed by atoms with van der Waals surface area (Å²) in [6, 6.07) is 6.76. The normalized spacial score (nSPS) is 23.0. The molecule has 6 nitrogen and oxygen atoms in total. The van der Waals surface area contributed by atoms with E-state index in [0.29, 0.717) is 11.7 Å². The van der Waals surface area contributed by atoms with Gasteiger partial charge in [0.2, 0.25) is 0 Å². The average Bonchev–Trinajstić information content (AvgIpc) is 3.60. The van der Waals surface area contributed by atoms with Gasteiger partial charge in [-0.25, -0.2) is 4.39 Å². The Morgan fingerprint density at radius 3 is 2.78 bits per heavy atom. The van der Waals surface area contributed by atoms with Gasteiger partial charge in [0.05, 0.1) is 5.75 Å². The number of halogens is 1. The van der Waals surface area contributed by atoms with Crippen LogP contribution in [0.4, 0.5) is 4.39 Å². The number of para-hydroxylation sites is 1. The predicted molar refractivity (Wildman–Crippen MR) is 126 cm³/mol. The van der Waals surface area contributed by atoms with Crippen LogP contribution in [0.15, 0.2) is 33.8 Å². The Morgan fingerprint density at radius 2 is 2.06 bits per heavy atom. The molecular weight excluding hydrogens is 465 g/mol. The first-order chi connectivity index (χ1) is 15.6. The van der Waals surface area contributed by atoms with Gasteiger partial charge in [-0.15, -0.1) is 20.4 Å². The van der Waals surface area contributed by atoms with Crippen molar-refractivity contribution in [3.05, 3.63) is 40.9 Å². The van der Waals surface area contributed by atoms with Crippen LogP contribution in [0.1, 0.15) is 49.5 Å². The molecule has 2 bridgehead atoms. The molecule has 2 saturated carbocycles. The fourth-order valence-electron chi connectivity index (χ4n) is 5.20. The molecule has 0 aliphatic heterocycles. The third-order valence-corrected chi connectivity index (χ3v) is 9.73. The second-order valence-corrected chi connectivity index (χ2v) is 11.6. The summed E-state index contributed by atoms with van der Waals surface area (Å²) in [5.41, 5.74) is 0. The van der Waals surface area contributed by atoms with Gasteiger partial charge in [0, 0.05) is 6.04 Å². The van der Waals surface area contributed by atoms with Crippen LogP contribution in [0.2, 0.25) is 0 Å². The first kappa shape index (κ1) is 22.2. The monoisotopic (exact) mass is 491 g/mol. The molecule has 0 radical (unpaired) electrons. The highest BCUT2D eigenvalue weighted by Gasteiger charge is 2.43. The molecule has 1 aromatic carbocycles. The highest BCUT2D eigenvalue weighted by Crippen LogP contribution is 2.52. The largest absolute Gasteiger partial charge is 0.483 e. The molecule has 2 aliphatic rings. The number of rotatable bonds is 9. The van der Waals surface area contributed by atoms with Crippen LogP contribution in [0, 0.1) is 23.6 Å². The first-order valence-electron chi connectivity index (χ1n) is 10.9. The maximum absolute atomic E-state index is 14.1. The van der Waals surface area contributed by atoms with Gasteiger partial charge >= 0.3 is 0 Å². The van der Waals surface area contributed by atoms with Gasteiger partial charge in [-0.2, -0.15) is 0 Å². The van der Waals surface area contributed by atoms with Crippen molar-refractivity contribution < 1.29 is 9.13 Å². The van der Waals surface area contributed by atoms with E-state index in [4.69, 9.17) is 4.74 Å². The van der Waals surface area contributed by atoms with E-state index >= 15 is 0 Å². The van der Waals surface area contributed by atoms with Crippen LogP contribution in [-0.2, 0) is 12.4 Å². The zero-order valence-electron chi connectivity index (χ0n) is 18.1. The highest BCUT2D eigenvalue weighted by molar-refractivity contribution is 8.00. The third-order valence-electron chi connectivity index (χ3n) is 6.70. The number of ether oxygens (including phenoxy) is 1. The van der Waals surface area contributed by atoms with Crippen molar-refractivity contribution in [1.29, 1.82) is 0 Å². The Hall–Kier alpha value is -1.65. The van der Waals surface area contributed by atoms with Crippen LogP contribution < -0.4 is 4.74 Å². The Balaban J connectivity index is 1.37. The van der Waals surface area contributed by atoms with E-state index in [-0.39, 0.29) is 24.2 Å². The van der Waals surface area contributed by atoms with Gasteiger partial charge in [-0.05, 0) is 62.3 Å². The minimum absolute atomic E-state index is 0.190. The van der Waals surface area contributed by atoms with Gasteiger partial charge in [0.25, 0.3) is 0 Å². The minimum Gasteiger partial charge on any atom is -0.483 e. The summed E-state index contributed by atoms with van der Waals surface area (Å²) < 4.78 is 23.1. The van der Waals surface area contributed by atoms with Crippen molar-refractivity contribution in [3.8, 4) is 5.75 Å². The number of aromatic nitrogens is 5. The molecule has 4 unspecified atom stereocenters. The predicted octanol–water partition coefficient (Wildman–Crippen LogP) is 5.86. The van der Waals surface area contributed by atoms with E-state index in [1.54, 1.807) is 53.1 Å². The number of nitrogens with zero attached hydrogens (tertiary/aromatic N) is 5. The Morgan fingerprint density at radius 1 is 1.19 bits per heavy atom. The first-order valence-corrected chi connectivity index (χ1v) is 13.9. The Bertz CT molecular complexity index is 1070. The quantitative estimate of drug-likeness (QED) is 0.347. The van der Waals surface area contributed by atoms with E-state index in [2.05, 4.69) is 31.9 Å². The molecule has 0 N–H and O–H groups in total. The lowest BCUT2D eigenvalue weighted by Gasteiger charge is -2.30. The summed E-state index contributed by atoms with van der Waals surface area (Å²) in [4.78, 5) is 0. The second kappa shape index (κ2) is 9.69. The summed E-state index contributed by atoms with van der Waals surface area (Å²) >= 11 is 4.86. The fourth-order valence-corrected chi connectivity index (χ4v) is 7.54. The van der Waals surface area contributed by atoms with E-state index in [1.807, 2.05) is 6.26 Å². The molecule has 2 aromatic heterocycles. The zero-order chi connectivity index (χ0) is 22.1. The van der Waals surface area contributed by atoms with E-state index in [0.717, 1.165) is 32.2 Å². The van der Waals surface area contributed by atoms with Crippen molar-refractivity contribution in [1.82, 2.24) is 25.0 Å². The van der Waals surface area contributed by atoms with Gasteiger partial charge in [-0.1, -0.05) is 53.4 Å². The molecule has 170 valence electrons. The molecule has 4 atom stereocenters. The molecule has 0 amide bonds. The molecule has 0 spiro atoms. The number of fused-ring (bicyclic) bond motifs is 2. The van der Waals surface area contributed by atoms with Crippen molar-refractivity contribution >= 4 is 34.9 Å². The molecule has 2 aliphatic carbocycles. The zero-order valence-corrected chi connectivity index (χ0v) is 20.6. The number of benzene rings is 1. The lowest BCUT2D eigenvalue weighted by atomic mass is 9.84. The van der Waals surface area contributed by atoms with Crippen LogP contribution in [0.3, 0.4) is 0 Å². The Labute approximate surface area is 199 Å². The van der Waals surface area contributed by atoms with Crippen LogP contribution >= 0.6 is 34.9 Å². The van der Waals surface area contributed by atoms with E-state index in [9.17, 15) is 4.39 Å². The number of hydrogen-bond acceptors (Lipinski definition) is 8. The van der Waals surface area contributed by atoms with Crippen molar-refractivity contribution in [3.63, 3.8) is 0 Å². The van der Waals surface area contributed by atoms with Crippen molar-refractivity contribution in [2.75, 3.05) is 6.26 Å². The average molecular weight is 492 g/mol. The minimum atomic E-state index is -0.366. The van der Waals surface area contributed by atoms with Crippen molar-refractivity contribution in [2.24, 2.45) is 17.8 Å². The SMILES string of the molecule is CSc1nnc(CSc2nnc(COc3ccccc3F)n2C(C)C2CC3CCC2C3)s1. The van der Waals surface area contributed by atoms with Gasteiger partial charge in [0.15, 0.2) is 26.9 Å². The number of hydrogen-bond donors (Lipinski definition) is 0. The molecule has 5 rings (SSSR count). The maximum atomic E-state index is 14.1. The van der Waals surface area contributed by atoms with Crippen molar-refractivity contribution in [2.45, 2.75) is 60.5 Å². The number of thioether (sulfide) groups is 2. The van der Waals surface area contributed by atoms with Crippen LogP contribution in [0.25, 0.3) is 0 Å². The van der Waals surface area contributed by atoms with E-state index in [1.165, 1.54) is 31.7 Å². The summed E-state index contributed by atoms with van der Waals surface area (Å²) in [6.07, 6.45) is 7.33. The van der Waals surface area contributed by atoms with Crippen LogP contribution in [-0.4, -0.2) is 31.2 Å². The standard InChI is InChI=1S/C22H26FN5OS3/c1-13(16-10-14-7-8-15(16)9-14)28-19(11-29-18-6-4-3-5-17(18)23)24-26-21(28)31-12-20-25-27-22(30-2)32-20/h3-6,13-16H,7-12H2,1-2H3.